The molecule has 0 fully saturated rings. The number of imide groups is 1. The summed E-state index contributed by atoms with van der Waals surface area (Å²) >= 11 is 0. The van der Waals surface area contributed by atoms with Gasteiger partial charge in [0.2, 0.25) is 5.78 Å². The lowest BCUT2D eigenvalue weighted by Gasteiger charge is -2.12. The number of Topliss-reactive ketones (excluding diaryl/α,β-unsaturated/α-hetero) is 2. The van der Waals surface area contributed by atoms with Crippen molar-refractivity contribution in [1.29, 1.82) is 0 Å². The predicted molar refractivity (Wildman–Crippen MR) is 145 cm³/mol. The molecule has 3 heterocycles. The molecular formula is C29H39N3O4. The van der Waals surface area contributed by atoms with Crippen molar-refractivity contribution in [3.05, 3.63) is 95.6 Å². The summed E-state index contributed by atoms with van der Waals surface area (Å²) in [7, 11) is 0. The monoisotopic (exact) mass is 493 g/mol. The van der Waals surface area contributed by atoms with E-state index < -0.39 is 11.8 Å². The minimum Gasteiger partial charge on any atom is -0.292 e. The van der Waals surface area contributed by atoms with Crippen LogP contribution in [0.4, 0.5) is 0 Å². The van der Waals surface area contributed by atoms with Crippen LogP contribution in [0.25, 0.3) is 0 Å². The largest absolute Gasteiger partial charge is 0.292 e. The minimum absolute atomic E-state index is 0. The summed E-state index contributed by atoms with van der Waals surface area (Å²) in [5, 5.41) is 0. The smallest absolute Gasteiger partial charge is 0.261 e. The number of hydrogen-bond donors (Lipinski definition) is 0. The fraction of sp³-hybridized carbons (Fsp3) is 0.310. The van der Waals surface area contributed by atoms with Gasteiger partial charge in [-0.25, -0.2) is 0 Å². The second kappa shape index (κ2) is 18.3. The number of amides is 2. The summed E-state index contributed by atoms with van der Waals surface area (Å²) in [5.41, 5.74) is 1.48. The zero-order valence-corrected chi connectivity index (χ0v) is 20.3. The molecule has 1 aliphatic heterocycles. The molecule has 0 unspecified atom stereocenters. The van der Waals surface area contributed by atoms with Crippen LogP contribution in [0.2, 0.25) is 0 Å². The van der Waals surface area contributed by atoms with Gasteiger partial charge >= 0.3 is 0 Å². The first-order valence-corrected chi connectivity index (χ1v) is 11.4. The van der Waals surface area contributed by atoms with Crippen molar-refractivity contribution in [2.45, 2.75) is 55.9 Å². The van der Waals surface area contributed by atoms with Crippen molar-refractivity contribution < 1.29 is 19.2 Å². The Balaban J connectivity index is 0. The SMILES string of the molecule is C.C.CC.CC.CCC(=O)c1ccccn1.O=C(CN1C(=O)c2ccccc2C1=O)c1ccccn1. The second-order valence-electron chi connectivity index (χ2n) is 6.37. The molecule has 36 heavy (non-hydrogen) atoms. The Hall–Kier alpha value is -4.00. The van der Waals surface area contributed by atoms with E-state index in [2.05, 4.69) is 9.97 Å². The molecule has 0 aliphatic carbocycles. The van der Waals surface area contributed by atoms with Gasteiger partial charge in [-0.3, -0.25) is 34.0 Å². The third-order valence-corrected chi connectivity index (χ3v) is 4.40. The van der Waals surface area contributed by atoms with Gasteiger partial charge in [0.25, 0.3) is 11.8 Å². The van der Waals surface area contributed by atoms with Crippen molar-refractivity contribution in [1.82, 2.24) is 14.9 Å². The Labute approximate surface area is 215 Å². The Bertz CT molecular complexity index is 1050. The highest BCUT2D eigenvalue weighted by molar-refractivity contribution is 6.22. The molecular weight excluding hydrogens is 454 g/mol. The lowest BCUT2D eigenvalue weighted by molar-refractivity contribution is 0.0623. The number of rotatable bonds is 5. The summed E-state index contributed by atoms with van der Waals surface area (Å²) in [5.74, 6) is -1.13. The minimum atomic E-state index is -0.435. The van der Waals surface area contributed by atoms with E-state index in [1.165, 1.54) is 6.20 Å². The van der Waals surface area contributed by atoms with Crippen molar-refractivity contribution in [3.8, 4) is 0 Å². The first-order valence-electron chi connectivity index (χ1n) is 11.4. The maximum absolute atomic E-state index is 12.1. The van der Waals surface area contributed by atoms with Crippen molar-refractivity contribution in [2.75, 3.05) is 6.54 Å². The molecule has 2 amide bonds. The number of hydrogen-bond acceptors (Lipinski definition) is 6. The molecule has 1 aromatic carbocycles. The van der Waals surface area contributed by atoms with Gasteiger partial charge in [-0.15, -0.1) is 0 Å². The van der Waals surface area contributed by atoms with E-state index in [1.54, 1.807) is 60.8 Å². The zero-order valence-electron chi connectivity index (χ0n) is 20.3. The van der Waals surface area contributed by atoms with Crippen LogP contribution in [-0.2, 0) is 0 Å². The summed E-state index contributed by atoms with van der Waals surface area (Å²) in [6.07, 6.45) is 3.65. The molecule has 0 N–H and O–H groups in total. The van der Waals surface area contributed by atoms with Gasteiger partial charge in [0.15, 0.2) is 5.78 Å². The van der Waals surface area contributed by atoms with Crippen molar-refractivity contribution in [2.24, 2.45) is 0 Å². The summed E-state index contributed by atoms with van der Waals surface area (Å²) < 4.78 is 0. The van der Waals surface area contributed by atoms with Crippen molar-refractivity contribution in [3.63, 3.8) is 0 Å². The number of carbonyl (C=O) groups is 4. The van der Waals surface area contributed by atoms with Crippen LogP contribution in [0.5, 0.6) is 0 Å². The normalized spacial score (nSPS) is 10.4. The molecule has 0 saturated heterocycles. The lowest BCUT2D eigenvalue weighted by atomic mass is 10.1. The lowest BCUT2D eigenvalue weighted by Crippen LogP contribution is -2.35. The van der Waals surface area contributed by atoms with Crippen LogP contribution >= 0.6 is 0 Å². The van der Waals surface area contributed by atoms with Crippen molar-refractivity contribution >= 4 is 23.4 Å². The van der Waals surface area contributed by atoms with Crippen LogP contribution < -0.4 is 0 Å². The third-order valence-electron chi connectivity index (χ3n) is 4.40. The summed E-state index contributed by atoms with van der Waals surface area (Å²) in [6.45, 7) is 9.54. The Morgan fingerprint density at radius 3 is 1.42 bits per heavy atom. The number of aromatic nitrogens is 2. The van der Waals surface area contributed by atoms with Crippen LogP contribution in [-0.4, -0.2) is 44.8 Å². The van der Waals surface area contributed by atoms with Crippen LogP contribution in [0.15, 0.2) is 73.1 Å². The Morgan fingerprint density at radius 2 is 1.06 bits per heavy atom. The molecule has 0 radical (unpaired) electrons. The van der Waals surface area contributed by atoms with Crippen LogP contribution in [0.1, 0.15) is 97.6 Å². The maximum atomic E-state index is 12.1. The number of nitrogens with zero attached hydrogens (tertiary/aromatic N) is 3. The topological polar surface area (TPSA) is 97.3 Å². The predicted octanol–water partition coefficient (Wildman–Crippen LogP) is 6.56. The number of pyridine rings is 2. The molecule has 194 valence electrons. The van der Waals surface area contributed by atoms with Gasteiger partial charge in [-0.05, 0) is 36.4 Å². The summed E-state index contributed by atoms with van der Waals surface area (Å²) in [4.78, 5) is 56.0. The van der Waals surface area contributed by atoms with E-state index in [-0.39, 0.29) is 38.7 Å². The molecule has 0 bridgehead atoms. The molecule has 7 nitrogen and oxygen atoms in total. The van der Waals surface area contributed by atoms with E-state index in [1.807, 2.05) is 40.7 Å². The van der Waals surface area contributed by atoms with Gasteiger partial charge in [0.1, 0.15) is 11.4 Å². The van der Waals surface area contributed by atoms with E-state index in [9.17, 15) is 19.2 Å². The quantitative estimate of drug-likeness (QED) is 0.295. The average molecular weight is 494 g/mol. The Morgan fingerprint density at radius 1 is 0.667 bits per heavy atom. The van der Waals surface area contributed by atoms with E-state index >= 15 is 0 Å². The fourth-order valence-electron chi connectivity index (χ4n) is 2.84. The first kappa shape index (κ1) is 34.2. The van der Waals surface area contributed by atoms with Gasteiger partial charge < -0.3 is 0 Å². The molecule has 7 heteroatoms. The van der Waals surface area contributed by atoms with Crippen LogP contribution in [0, 0.1) is 0 Å². The molecule has 0 spiro atoms. The van der Waals surface area contributed by atoms with E-state index in [0.717, 1.165) is 4.90 Å². The number of carbonyl (C=O) groups excluding carboxylic acids is 4. The maximum Gasteiger partial charge on any atom is 0.261 e. The number of fused-ring (bicyclic) bond motifs is 1. The average Bonchev–Trinajstić information content (AvgIpc) is 3.16. The van der Waals surface area contributed by atoms with Gasteiger partial charge in [0.05, 0.1) is 17.7 Å². The van der Waals surface area contributed by atoms with Crippen LogP contribution in [0.3, 0.4) is 0 Å². The first-order chi connectivity index (χ1) is 16.5. The number of benzene rings is 1. The highest BCUT2D eigenvalue weighted by Crippen LogP contribution is 2.22. The zero-order chi connectivity index (χ0) is 25.5. The molecule has 0 atom stereocenters. The number of ketones is 2. The molecule has 0 saturated carbocycles. The molecule has 2 aromatic heterocycles. The van der Waals surface area contributed by atoms with Gasteiger partial charge in [-0.1, -0.05) is 73.7 Å². The van der Waals surface area contributed by atoms with Gasteiger partial charge in [0, 0.05) is 18.8 Å². The highest BCUT2D eigenvalue weighted by Gasteiger charge is 2.36. The second-order valence-corrected chi connectivity index (χ2v) is 6.37. The van der Waals surface area contributed by atoms with E-state index in [0.29, 0.717) is 23.2 Å². The highest BCUT2D eigenvalue weighted by atomic mass is 16.2. The molecule has 3 aromatic rings. The standard InChI is InChI=1S/C15H10N2O3.C8H9NO.2C2H6.2CH4/c18-13(12-7-3-4-8-16-12)9-17-14(19)10-5-1-2-6-11(10)15(17)20;1-2-8(10)7-5-3-4-6-9-7;2*1-2;;/h1-8H,9H2;3-6H,2H2,1H3;2*1-2H3;2*1H4. The molecule has 4 rings (SSSR count). The third kappa shape index (κ3) is 8.98. The Kier molecular flexibility index (Phi) is 17.4. The van der Waals surface area contributed by atoms with Gasteiger partial charge in [-0.2, -0.15) is 0 Å². The van der Waals surface area contributed by atoms with E-state index in [4.69, 9.17) is 0 Å². The molecule has 1 aliphatic rings. The summed E-state index contributed by atoms with van der Waals surface area (Å²) in [6, 6.07) is 16.8. The fourth-order valence-corrected chi connectivity index (χ4v) is 2.84.